The predicted octanol–water partition coefficient (Wildman–Crippen LogP) is -3.53. The Morgan fingerprint density at radius 1 is 1.25 bits per heavy atom. The molecule has 0 fully saturated rings. The lowest BCUT2D eigenvalue weighted by atomic mass is 10.4. The largest absolute Gasteiger partial charge is 1.00 e. The van der Waals surface area contributed by atoms with Crippen molar-refractivity contribution in [2.75, 3.05) is 47.5 Å². The molecule has 1 unspecified atom stereocenters. The van der Waals surface area contributed by atoms with E-state index in [1.807, 2.05) is 21.1 Å². The molecule has 16 heavy (non-hydrogen) atoms. The first-order chi connectivity index (χ1) is 6.89. The van der Waals surface area contributed by atoms with Gasteiger partial charge in [0.2, 0.25) is 0 Å². The molecule has 0 bridgehead atoms. The first kappa shape index (κ1) is 19.1. The highest BCUT2D eigenvalue weighted by Crippen LogP contribution is 2.25. The second-order valence-electron chi connectivity index (χ2n) is 4.22. The lowest BCUT2D eigenvalue weighted by Crippen LogP contribution is -3.00. The molecule has 0 aliphatic carbocycles. The average molecular weight is 369 g/mol. The minimum Gasteiger partial charge on any atom is -1.00 e. The molecule has 100 valence electrons. The minimum atomic E-state index is -2.61. The van der Waals surface area contributed by atoms with Crippen LogP contribution in [0.2, 0.25) is 0 Å². The second kappa shape index (κ2) is 9.76. The molecule has 0 saturated heterocycles. The molecule has 0 aliphatic heterocycles. The van der Waals surface area contributed by atoms with Crippen LogP contribution in [0.4, 0.5) is 0 Å². The van der Waals surface area contributed by atoms with Crippen LogP contribution >= 0.6 is 8.25 Å². The molecule has 0 saturated carbocycles. The summed E-state index contributed by atoms with van der Waals surface area (Å²) in [6, 6.07) is 0. The third-order valence-electron chi connectivity index (χ3n) is 1.65. The molecule has 0 aromatic carbocycles. The molecular weight excluding hydrogens is 348 g/mol. The number of halogens is 1. The van der Waals surface area contributed by atoms with Gasteiger partial charge in [0.25, 0.3) is 0 Å². The lowest BCUT2D eigenvalue weighted by molar-refractivity contribution is -0.870. The summed E-state index contributed by atoms with van der Waals surface area (Å²) in [7, 11) is 3.36. The zero-order chi connectivity index (χ0) is 11.9. The third kappa shape index (κ3) is 11.3. The van der Waals surface area contributed by atoms with Gasteiger partial charge < -0.3 is 47.7 Å². The molecular formula is C8H21INO5P. The molecule has 6 nitrogen and oxygen atoms in total. The van der Waals surface area contributed by atoms with Crippen LogP contribution in [0.3, 0.4) is 0 Å². The van der Waals surface area contributed by atoms with E-state index in [9.17, 15) is 4.57 Å². The highest BCUT2D eigenvalue weighted by atomic mass is 127. The number of nitrogens with zero attached hydrogens (tertiary/aromatic N) is 1. The van der Waals surface area contributed by atoms with Gasteiger partial charge in [-0.2, -0.15) is 0 Å². The topological polar surface area (TPSA) is 76.0 Å². The fourth-order valence-corrected chi connectivity index (χ4v) is 1.45. The minimum absolute atomic E-state index is 0. The summed E-state index contributed by atoms with van der Waals surface area (Å²) < 4.78 is 21.6. The van der Waals surface area contributed by atoms with E-state index in [4.69, 9.17) is 19.3 Å². The Kier molecular flexibility index (Phi) is 11.7. The van der Waals surface area contributed by atoms with E-state index in [-0.39, 0.29) is 37.2 Å². The fourth-order valence-electron chi connectivity index (χ4n) is 0.705. The van der Waals surface area contributed by atoms with E-state index in [1.165, 1.54) is 0 Å². The van der Waals surface area contributed by atoms with Gasteiger partial charge in [-0.15, -0.1) is 0 Å². The van der Waals surface area contributed by atoms with Crippen LogP contribution in [0.1, 0.15) is 0 Å². The Labute approximate surface area is 114 Å². The lowest BCUT2D eigenvalue weighted by Gasteiger charge is -2.23. The van der Waals surface area contributed by atoms with Gasteiger partial charge in [0.1, 0.15) is 19.3 Å². The zero-order valence-corrected chi connectivity index (χ0v) is 13.0. The second-order valence-corrected chi connectivity index (χ2v) is 5.24. The van der Waals surface area contributed by atoms with Crippen molar-refractivity contribution in [1.29, 1.82) is 0 Å². The van der Waals surface area contributed by atoms with Gasteiger partial charge >= 0.3 is 8.25 Å². The van der Waals surface area contributed by atoms with Crippen molar-refractivity contribution in [3.8, 4) is 0 Å². The van der Waals surface area contributed by atoms with Crippen molar-refractivity contribution in [1.82, 2.24) is 0 Å². The van der Waals surface area contributed by atoms with Gasteiger partial charge in [0, 0.05) is 0 Å². The van der Waals surface area contributed by atoms with Crippen LogP contribution in [-0.4, -0.2) is 68.3 Å². The summed E-state index contributed by atoms with van der Waals surface area (Å²) in [6.45, 7) is 0.296. The Hall–Kier alpha value is 0.760. The Morgan fingerprint density at radius 2 is 1.75 bits per heavy atom. The summed E-state index contributed by atoms with van der Waals surface area (Å²) in [6.07, 6.45) is -0.819. The number of hydrogen-bond acceptors (Lipinski definition) is 5. The van der Waals surface area contributed by atoms with E-state index in [0.29, 0.717) is 17.6 Å². The molecule has 2 N–H and O–H groups in total. The number of aliphatic hydroxyl groups excluding tert-OH is 2. The summed E-state index contributed by atoms with van der Waals surface area (Å²) in [5.74, 6) is 0. The van der Waals surface area contributed by atoms with E-state index in [0.717, 1.165) is 0 Å². The van der Waals surface area contributed by atoms with Crippen molar-refractivity contribution in [2.45, 2.75) is 6.10 Å². The molecule has 0 rings (SSSR count). The predicted molar refractivity (Wildman–Crippen MR) is 56.9 cm³/mol. The van der Waals surface area contributed by atoms with Gasteiger partial charge in [-0.1, -0.05) is 0 Å². The number of likely N-dealkylation sites (N-methyl/N-ethyl adjacent to an activating group) is 1. The smallest absolute Gasteiger partial charge is 0.319 e. The molecule has 0 aliphatic rings. The maximum Gasteiger partial charge on any atom is 0.319 e. The Balaban J connectivity index is 0. The molecule has 0 aromatic rings. The summed E-state index contributed by atoms with van der Waals surface area (Å²) in [5.41, 5.74) is 0. The van der Waals surface area contributed by atoms with Crippen molar-refractivity contribution in [3.05, 3.63) is 0 Å². The van der Waals surface area contributed by atoms with Gasteiger partial charge in [0.05, 0.1) is 34.4 Å². The van der Waals surface area contributed by atoms with E-state index < -0.39 is 14.4 Å². The van der Waals surface area contributed by atoms with Crippen LogP contribution in [0.15, 0.2) is 0 Å². The van der Waals surface area contributed by atoms with Crippen molar-refractivity contribution >= 4 is 8.25 Å². The standard InChI is InChI=1S/C8H21NO5P.HI/c1-9(2,3)4-5-13-15(12)14-8(6-10)7-11;/h8,10-11,15H,4-7H2,1-3H3;1H/q+1;/p-1. The summed E-state index contributed by atoms with van der Waals surface area (Å²) in [5, 5.41) is 17.3. The van der Waals surface area contributed by atoms with Crippen LogP contribution in [0.5, 0.6) is 0 Å². The normalized spacial score (nSPS) is 13.6. The average Bonchev–Trinajstić information content (AvgIpc) is 2.12. The van der Waals surface area contributed by atoms with Gasteiger partial charge in [-0.3, -0.25) is 4.57 Å². The number of quaternary nitrogens is 1. The van der Waals surface area contributed by atoms with E-state index in [1.54, 1.807) is 0 Å². The first-order valence-corrected chi connectivity index (χ1v) is 5.97. The molecule has 0 spiro atoms. The Bertz CT molecular complexity index is 195. The van der Waals surface area contributed by atoms with Crippen LogP contribution < -0.4 is 24.0 Å². The van der Waals surface area contributed by atoms with Crippen LogP contribution in [0, 0.1) is 0 Å². The SMILES string of the molecule is C[N+](C)(C)CCO[PH](=O)OC(CO)CO.[I-]. The van der Waals surface area contributed by atoms with Crippen LogP contribution in [0.25, 0.3) is 0 Å². The van der Waals surface area contributed by atoms with Crippen molar-refractivity contribution < 1.29 is 52.3 Å². The third-order valence-corrected chi connectivity index (χ3v) is 2.62. The molecule has 0 radical (unpaired) electrons. The van der Waals surface area contributed by atoms with E-state index in [2.05, 4.69) is 0 Å². The zero-order valence-electron chi connectivity index (χ0n) is 9.85. The van der Waals surface area contributed by atoms with Crippen molar-refractivity contribution in [2.24, 2.45) is 0 Å². The monoisotopic (exact) mass is 369 g/mol. The molecule has 0 heterocycles. The maximum atomic E-state index is 11.2. The van der Waals surface area contributed by atoms with Gasteiger partial charge in [-0.25, -0.2) is 0 Å². The highest BCUT2D eigenvalue weighted by Gasteiger charge is 2.12. The fraction of sp³-hybridized carbons (Fsp3) is 1.00. The molecule has 8 heteroatoms. The summed E-state index contributed by atoms with van der Waals surface area (Å²) in [4.78, 5) is 0. The first-order valence-electron chi connectivity index (χ1n) is 4.74. The van der Waals surface area contributed by atoms with E-state index >= 15 is 0 Å². The molecule has 0 aromatic heterocycles. The maximum absolute atomic E-state index is 11.2. The number of aliphatic hydroxyl groups is 2. The van der Waals surface area contributed by atoms with Gasteiger partial charge in [-0.05, 0) is 0 Å². The Morgan fingerprint density at radius 3 is 2.12 bits per heavy atom. The van der Waals surface area contributed by atoms with Crippen molar-refractivity contribution in [3.63, 3.8) is 0 Å². The highest BCUT2D eigenvalue weighted by molar-refractivity contribution is 7.33. The van der Waals surface area contributed by atoms with Gasteiger partial charge in [0.15, 0.2) is 0 Å². The molecule has 1 atom stereocenters. The quantitative estimate of drug-likeness (QED) is 0.264. The number of hydrogen-bond donors (Lipinski definition) is 2. The van der Waals surface area contributed by atoms with Crippen LogP contribution in [-0.2, 0) is 13.6 Å². The number of rotatable bonds is 8. The molecule has 0 amide bonds. The summed E-state index contributed by atoms with van der Waals surface area (Å²) >= 11 is 0.